The van der Waals surface area contributed by atoms with Crippen molar-refractivity contribution in [1.82, 2.24) is 5.16 Å². The lowest BCUT2D eigenvalue weighted by Crippen LogP contribution is -2.16. The second-order valence-corrected chi connectivity index (χ2v) is 5.02. The Kier molecular flexibility index (Phi) is 4.87. The van der Waals surface area contributed by atoms with Crippen LogP contribution in [0.2, 0.25) is 10.0 Å². The van der Waals surface area contributed by atoms with Crippen LogP contribution in [0.5, 0.6) is 0 Å². The summed E-state index contributed by atoms with van der Waals surface area (Å²) in [5, 5.41) is 10.4. The molecule has 0 radical (unpaired) electrons. The normalized spacial score (nSPS) is 10.3. The van der Waals surface area contributed by atoms with E-state index in [1.165, 1.54) is 0 Å². The van der Waals surface area contributed by atoms with Gasteiger partial charge in [0.2, 0.25) is 5.91 Å². The Bertz CT molecular complexity index is 613. The number of carbonyl (C=O) groups excluding carboxylic acids is 1. The molecule has 0 saturated carbocycles. The number of hydrogen-bond donors (Lipinski definition) is 2. The molecule has 0 unspecified atom stereocenters. The molecule has 2 N–H and O–H groups in total. The summed E-state index contributed by atoms with van der Waals surface area (Å²) in [6.45, 7) is 2.24. The van der Waals surface area contributed by atoms with E-state index < -0.39 is 0 Å². The molecule has 2 aromatic rings. The van der Waals surface area contributed by atoms with Crippen LogP contribution in [0.25, 0.3) is 0 Å². The number of halogens is 2. The fraction of sp³-hybridized carbons (Fsp3) is 0.231. The van der Waals surface area contributed by atoms with Gasteiger partial charge in [-0.25, -0.2) is 0 Å². The third kappa shape index (κ3) is 4.15. The Morgan fingerprint density at radius 2 is 2.15 bits per heavy atom. The lowest BCUT2D eigenvalue weighted by Gasteiger charge is -2.07. The summed E-state index contributed by atoms with van der Waals surface area (Å²) >= 11 is 11.8. The molecule has 0 aliphatic rings. The van der Waals surface area contributed by atoms with Crippen molar-refractivity contribution in [3.63, 3.8) is 0 Å². The van der Waals surface area contributed by atoms with E-state index in [4.69, 9.17) is 27.7 Å². The standard InChI is InChI=1S/C13H13Cl2N3O2/c1-8-6-12(18-20-8)16-5-4-13(19)17-11-7-9(14)2-3-10(11)15/h2-3,6-7H,4-5H2,1H3,(H,16,18)(H,17,19). The van der Waals surface area contributed by atoms with Crippen LogP contribution in [-0.2, 0) is 4.79 Å². The SMILES string of the molecule is Cc1cc(NCCC(=O)Nc2cc(Cl)ccc2Cl)no1. The van der Waals surface area contributed by atoms with Crippen LogP contribution < -0.4 is 10.6 Å². The molecule has 0 fully saturated rings. The molecule has 7 heteroatoms. The third-order valence-corrected chi connectivity index (χ3v) is 3.05. The topological polar surface area (TPSA) is 67.2 Å². The van der Waals surface area contributed by atoms with Crippen molar-refractivity contribution in [2.75, 3.05) is 17.2 Å². The van der Waals surface area contributed by atoms with Crippen molar-refractivity contribution in [2.24, 2.45) is 0 Å². The first-order valence-corrected chi connectivity index (χ1v) is 6.72. The third-order valence-electron chi connectivity index (χ3n) is 2.49. The second kappa shape index (κ2) is 6.63. The van der Waals surface area contributed by atoms with Gasteiger partial charge in [0.15, 0.2) is 5.82 Å². The number of carbonyl (C=O) groups is 1. The zero-order valence-corrected chi connectivity index (χ0v) is 12.3. The molecule has 0 aliphatic heterocycles. The van der Waals surface area contributed by atoms with Gasteiger partial charge in [0, 0.05) is 24.1 Å². The highest BCUT2D eigenvalue weighted by Crippen LogP contribution is 2.25. The first-order chi connectivity index (χ1) is 9.54. The van der Waals surface area contributed by atoms with Crippen molar-refractivity contribution in [1.29, 1.82) is 0 Å². The molecular weight excluding hydrogens is 301 g/mol. The van der Waals surface area contributed by atoms with Crippen molar-refractivity contribution >= 4 is 40.6 Å². The van der Waals surface area contributed by atoms with Gasteiger partial charge < -0.3 is 15.2 Å². The van der Waals surface area contributed by atoms with Crippen molar-refractivity contribution in [2.45, 2.75) is 13.3 Å². The summed E-state index contributed by atoms with van der Waals surface area (Å²) in [6, 6.07) is 6.66. The Morgan fingerprint density at radius 1 is 1.35 bits per heavy atom. The van der Waals surface area contributed by atoms with Crippen LogP contribution in [0.1, 0.15) is 12.2 Å². The second-order valence-electron chi connectivity index (χ2n) is 4.17. The quantitative estimate of drug-likeness (QED) is 0.882. The van der Waals surface area contributed by atoms with Gasteiger partial charge in [-0.15, -0.1) is 0 Å². The van der Waals surface area contributed by atoms with E-state index in [2.05, 4.69) is 15.8 Å². The Labute approximate surface area is 126 Å². The molecule has 1 heterocycles. The molecule has 5 nitrogen and oxygen atoms in total. The highest BCUT2D eigenvalue weighted by atomic mass is 35.5. The van der Waals surface area contributed by atoms with E-state index in [1.54, 1.807) is 31.2 Å². The van der Waals surface area contributed by atoms with Crippen LogP contribution >= 0.6 is 23.2 Å². The minimum atomic E-state index is -0.165. The van der Waals surface area contributed by atoms with Gasteiger partial charge in [-0.1, -0.05) is 28.4 Å². The highest BCUT2D eigenvalue weighted by molar-refractivity contribution is 6.35. The average Bonchev–Trinajstić information content (AvgIpc) is 2.80. The summed E-state index contributed by atoms with van der Waals surface area (Å²) < 4.78 is 4.90. The maximum absolute atomic E-state index is 11.8. The highest BCUT2D eigenvalue weighted by Gasteiger charge is 2.07. The molecule has 0 aliphatic carbocycles. The predicted octanol–water partition coefficient (Wildman–Crippen LogP) is 3.73. The molecule has 20 heavy (non-hydrogen) atoms. The molecule has 106 valence electrons. The smallest absolute Gasteiger partial charge is 0.226 e. The average molecular weight is 314 g/mol. The van der Waals surface area contributed by atoms with Crippen molar-refractivity contribution in [3.05, 3.63) is 40.1 Å². The number of rotatable bonds is 5. The number of aryl methyl sites for hydroxylation is 1. The van der Waals surface area contributed by atoms with E-state index in [0.29, 0.717) is 33.9 Å². The maximum atomic E-state index is 11.8. The van der Waals surface area contributed by atoms with Crippen molar-refractivity contribution in [3.8, 4) is 0 Å². The van der Waals surface area contributed by atoms with Gasteiger partial charge >= 0.3 is 0 Å². The van der Waals surface area contributed by atoms with E-state index >= 15 is 0 Å². The van der Waals surface area contributed by atoms with Crippen LogP contribution in [0.3, 0.4) is 0 Å². The maximum Gasteiger partial charge on any atom is 0.226 e. The van der Waals surface area contributed by atoms with E-state index in [9.17, 15) is 4.79 Å². The number of hydrogen-bond acceptors (Lipinski definition) is 4. The number of aromatic nitrogens is 1. The minimum Gasteiger partial charge on any atom is -0.367 e. The molecule has 0 atom stereocenters. The van der Waals surface area contributed by atoms with Gasteiger partial charge in [0.05, 0.1) is 10.7 Å². The fourth-order valence-electron chi connectivity index (χ4n) is 1.56. The van der Waals surface area contributed by atoms with Crippen LogP contribution in [0.15, 0.2) is 28.8 Å². The Morgan fingerprint density at radius 3 is 2.85 bits per heavy atom. The monoisotopic (exact) mass is 313 g/mol. The lowest BCUT2D eigenvalue weighted by atomic mass is 10.3. The zero-order chi connectivity index (χ0) is 14.5. The van der Waals surface area contributed by atoms with Gasteiger partial charge in [-0.05, 0) is 25.1 Å². The van der Waals surface area contributed by atoms with Gasteiger partial charge in [-0.2, -0.15) is 0 Å². The molecule has 2 rings (SSSR count). The summed E-state index contributed by atoms with van der Waals surface area (Å²) in [5.74, 6) is 1.15. The fourth-order valence-corrected chi connectivity index (χ4v) is 1.90. The number of nitrogens with zero attached hydrogens (tertiary/aromatic N) is 1. The van der Waals surface area contributed by atoms with Crippen molar-refractivity contribution < 1.29 is 9.32 Å². The van der Waals surface area contributed by atoms with E-state index in [-0.39, 0.29) is 12.3 Å². The van der Waals surface area contributed by atoms with Crippen LogP contribution in [0, 0.1) is 6.92 Å². The zero-order valence-electron chi connectivity index (χ0n) is 10.7. The molecular formula is C13H13Cl2N3O2. The molecule has 1 aromatic heterocycles. The largest absolute Gasteiger partial charge is 0.367 e. The van der Waals surface area contributed by atoms with Crippen LogP contribution in [0.4, 0.5) is 11.5 Å². The summed E-state index contributed by atoms with van der Waals surface area (Å²) in [6.07, 6.45) is 0.273. The molecule has 1 amide bonds. The molecule has 0 saturated heterocycles. The Balaban J connectivity index is 1.82. The Hall–Kier alpha value is -1.72. The summed E-state index contributed by atoms with van der Waals surface area (Å²) in [5.41, 5.74) is 0.501. The first kappa shape index (κ1) is 14.7. The molecule has 0 bridgehead atoms. The summed E-state index contributed by atoms with van der Waals surface area (Å²) in [7, 11) is 0. The first-order valence-electron chi connectivity index (χ1n) is 5.96. The van der Waals surface area contributed by atoms with E-state index in [1.807, 2.05) is 0 Å². The summed E-state index contributed by atoms with van der Waals surface area (Å²) in [4.78, 5) is 11.8. The van der Waals surface area contributed by atoms with E-state index in [0.717, 1.165) is 0 Å². The van der Waals surface area contributed by atoms with Crippen LogP contribution in [-0.4, -0.2) is 17.6 Å². The number of benzene rings is 1. The number of anilines is 2. The molecule has 1 aromatic carbocycles. The van der Waals surface area contributed by atoms with Gasteiger partial charge in [0.1, 0.15) is 5.76 Å². The van der Waals surface area contributed by atoms with Gasteiger partial charge in [0.25, 0.3) is 0 Å². The molecule has 0 spiro atoms. The predicted molar refractivity (Wildman–Crippen MR) is 79.4 cm³/mol. The number of nitrogens with one attached hydrogen (secondary N) is 2. The van der Waals surface area contributed by atoms with Gasteiger partial charge in [-0.3, -0.25) is 4.79 Å². The lowest BCUT2D eigenvalue weighted by molar-refractivity contribution is -0.115. The minimum absolute atomic E-state index is 0.165. The number of amides is 1.